The topological polar surface area (TPSA) is 47.1 Å². The number of rotatable bonds is 3. The van der Waals surface area contributed by atoms with E-state index in [1.165, 1.54) is 0 Å². The molecule has 5 heteroatoms. The quantitative estimate of drug-likeness (QED) is 0.867. The number of nitrogens with two attached hydrogens (primary N) is 1. The van der Waals surface area contributed by atoms with E-state index in [2.05, 4.69) is 10.00 Å². The minimum absolute atomic E-state index is 0.694. The standard InChI is InChI=1S/C13H17ClN4/c1-9-13(14)12(18(3)16-9)8-17(2)11-6-4-5-10(15)7-11/h4-7H,8,15H2,1-3H3. The molecule has 1 aromatic heterocycles. The summed E-state index contributed by atoms with van der Waals surface area (Å²) < 4.78 is 1.82. The van der Waals surface area contributed by atoms with E-state index in [9.17, 15) is 0 Å². The van der Waals surface area contributed by atoms with E-state index in [1.54, 1.807) is 0 Å². The van der Waals surface area contributed by atoms with Crippen molar-refractivity contribution in [3.8, 4) is 0 Å². The lowest BCUT2D eigenvalue weighted by Crippen LogP contribution is -2.18. The van der Waals surface area contributed by atoms with Gasteiger partial charge in [0.15, 0.2) is 0 Å². The van der Waals surface area contributed by atoms with Crippen molar-refractivity contribution in [3.63, 3.8) is 0 Å². The van der Waals surface area contributed by atoms with E-state index in [-0.39, 0.29) is 0 Å². The lowest BCUT2D eigenvalue weighted by Gasteiger charge is -2.20. The summed E-state index contributed by atoms with van der Waals surface area (Å²) in [5, 5.41) is 5.04. The average molecular weight is 265 g/mol. The summed E-state index contributed by atoms with van der Waals surface area (Å²) in [6.45, 7) is 2.60. The Bertz CT molecular complexity index is 562. The Morgan fingerprint density at radius 2 is 2.17 bits per heavy atom. The molecule has 4 nitrogen and oxygen atoms in total. The molecule has 2 N–H and O–H groups in total. The minimum atomic E-state index is 0.694. The van der Waals surface area contributed by atoms with Gasteiger partial charge in [0.05, 0.1) is 23.0 Å². The Hall–Kier alpha value is -1.68. The van der Waals surface area contributed by atoms with Crippen LogP contribution in [0.4, 0.5) is 11.4 Å². The zero-order valence-electron chi connectivity index (χ0n) is 10.8. The molecule has 0 aliphatic heterocycles. The summed E-state index contributed by atoms with van der Waals surface area (Å²) in [7, 11) is 3.91. The van der Waals surface area contributed by atoms with Gasteiger partial charge in [0.2, 0.25) is 0 Å². The van der Waals surface area contributed by atoms with Crippen molar-refractivity contribution in [1.82, 2.24) is 9.78 Å². The zero-order chi connectivity index (χ0) is 13.3. The van der Waals surface area contributed by atoms with Gasteiger partial charge in [0, 0.05) is 25.5 Å². The molecule has 18 heavy (non-hydrogen) atoms. The minimum Gasteiger partial charge on any atom is -0.399 e. The molecular formula is C13H17ClN4. The molecule has 96 valence electrons. The second-order valence-corrected chi connectivity index (χ2v) is 4.80. The first-order valence-corrected chi connectivity index (χ1v) is 6.11. The molecule has 0 atom stereocenters. The maximum absolute atomic E-state index is 6.24. The maximum atomic E-state index is 6.24. The molecule has 0 aliphatic carbocycles. The van der Waals surface area contributed by atoms with Crippen LogP contribution in [0.3, 0.4) is 0 Å². The molecule has 1 heterocycles. The number of hydrogen-bond acceptors (Lipinski definition) is 3. The molecule has 0 saturated carbocycles. The third-order valence-corrected chi connectivity index (χ3v) is 3.45. The number of halogens is 1. The number of nitrogen functional groups attached to an aromatic ring is 1. The number of nitrogens with zero attached hydrogens (tertiary/aromatic N) is 3. The van der Waals surface area contributed by atoms with Gasteiger partial charge in [0.1, 0.15) is 0 Å². The SMILES string of the molecule is Cc1nn(C)c(CN(C)c2cccc(N)c2)c1Cl. The van der Waals surface area contributed by atoms with E-state index in [0.29, 0.717) is 6.54 Å². The molecule has 2 rings (SSSR count). The summed E-state index contributed by atoms with van der Waals surface area (Å²) in [5.41, 5.74) is 9.46. The molecule has 0 aliphatic rings. The maximum Gasteiger partial charge on any atom is 0.0865 e. The Morgan fingerprint density at radius 1 is 1.44 bits per heavy atom. The molecule has 0 unspecified atom stereocenters. The monoisotopic (exact) mass is 264 g/mol. The Morgan fingerprint density at radius 3 is 2.72 bits per heavy atom. The highest BCUT2D eigenvalue weighted by molar-refractivity contribution is 6.31. The van der Waals surface area contributed by atoms with E-state index in [1.807, 2.05) is 50.0 Å². The van der Waals surface area contributed by atoms with Crippen molar-refractivity contribution in [2.75, 3.05) is 17.7 Å². The number of benzene rings is 1. The Balaban J connectivity index is 2.24. The van der Waals surface area contributed by atoms with Crippen molar-refractivity contribution >= 4 is 23.0 Å². The first-order chi connectivity index (χ1) is 8.49. The third-order valence-electron chi connectivity index (χ3n) is 2.96. The van der Waals surface area contributed by atoms with Crippen LogP contribution in [0.1, 0.15) is 11.4 Å². The number of anilines is 2. The van der Waals surface area contributed by atoms with Gasteiger partial charge in [-0.15, -0.1) is 0 Å². The predicted octanol–water partition coefficient (Wildman–Crippen LogP) is 2.60. The van der Waals surface area contributed by atoms with Crippen molar-refractivity contribution in [2.24, 2.45) is 7.05 Å². The van der Waals surface area contributed by atoms with Crippen LogP contribution in [0.2, 0.25) is 5.02 Å². The summed E-state index contributed by atoms with van der Waals surface area (Å²) in [6, 6.07) is 7.78. The summed E-state index contributed by atoms with van der Waals surface area (Å²) >= 11 is 6.24. The summed E-state index contributed by atoms with van der Waals surface area (Å²) in [5.74, 6) is 0. The van der Waals surface area contributed by atoms with E-state index < -0.39 is 0 Å². The van der Waals surface area contributed by atoms with Gasteiger partial charge >= 0.3 is 0 Å². The molecule has 0 saturated heterocycles. The smallest absolute Gasteiger partial charge is 0.0865 e. The third kappa shape index (κ3) is 2.43. The fourth-order valence-corrected chi connectivity index (χ4v) is 2.15. The van der Waals surface area contributed by atoms with Crippen LogP contribution in [0.25, 0.3) is 0 Å². The molecule has 0 bridgehead atoms. The van der Waals surface area contributed by atoms with Crippen molar-refractivity contribution in [2.45, 2.75) is 13.5 Å². The van der Waals surface area contributed by atoms with Crippen molar-refractivity contribution in [3.05, 3.63) is 40.7 Å². The van der Waals surface area contributed by atoms with E-state index >= 15 is 0 Å². The fraction of sp³-hybridized carbons (Fsp3) is 0.308. The first-order valence-electron chi connectivity index (χ1n) is 5.73. The van der Waals surface area contributed by atoms with Crippen LogP contribution >= 0.6 is 11.6 Å². The molecule has 0 radical (unpaired) electrons. The van der Waals surface area contributed by atoms with Gasteiger partial charge in [-0.2, -0.15) is 5.10 Å². The molecular weight excluding hydrogens is 248 g/mol. The van der Waals surface area contributed by atoms with Gasteiger partial charge in [-0.05, 0) is 25.1 Å². The Kier molecular flexibility index (Phi) is 3.48. The lowest BCUT2D eigenvalue weighted by molar-refractivity contribution is 0.694. The van der Waals surface area contributed by atoms with Gasteiger partial charge in [-0.25, -0.2) is 0 Å². The first kappa shape index (κ1) is 12.8. The average Bonchev–Trinajstić information content (AvgIpc) is 2.56. The van der Waals surface area contributed by atoms with Crippen molar-refractivity contribution < 1.29 is 0 Å². The van der Waals surface area contributed by atoms with Gasteiger partial charge in [-0.1, -0.05) is 17.7 Å². The van der Waals surface area contributed by atoms with Gasteiger partial charge < -0.3 is 10.6 Å². The highest BCUT2D eigenvalue weighted by atomic mass is 35.5. The zero-order valence-corrected chi connectivity index (χ0v) is 11.6. The number of aryl methyl sites for hydroxylation is 2. The lowest BCUT2D eigenvalue weighted by atomic mass is 10.2. The van der Waals surface area contributed by atoms with Crippen LogP contribution in [-0.2, 0) is 13.6 Å². The number of aromatic nitrogens is 2. The second-order valence-electron chi connectivity index (χ2n) is 4.42. The molecule has 1 aromatic carbocycles. The normalized spacial score (nSPS) is 10.7. The predicted molar refractivity (Wildman–Crippen MR) is 75.9 cm³/mol. The Labute approximate surface area is 112 Å². The molecule has 2 aromatic rings. The molecule has 0 amide bonds. The fourth-order valence-electron chi connectivity index (χ4n) is 1.93. The van der Waals surface area contributed by atoms with Crippen LogP contribution in [0, 0.1) is 6.92 Å². The van der Waals surface area contributed by atoms with Crippen LogP contribution in [0.15, 0.2) is 24.3 Å². The number of hydrogen-bond donors (Lipinski definition) is 1. The van der Waals surface area contributed by atoms with Gasteiger partial charge in [0.25, 0.3) is 0 Å². The summed E-state index contributed by atoms with van der Waals surface area (Å²) in [6.07, 6.45) is 0. The van der Waals surface area contributed by atoms with Crippen LogP contribution in [-0.4, -0.2) is 16.8 Å². The largest absolute Gasteiger partial charge is 0.399 e. The molecule has 0 spiro atoms. The second kappa shape index (κ2) is 4.90. The molecule has 0 fully saturated rings. The highest BCUT2D eigenvalue weighted by Crippen LogP contribution is 2.23. The van der Waals surface area contributed by atoms with Crippen LogP contribution < -0.4 is 10.6 Å². The van der Waals surface area contributed by atoms with Crippen molar-refractivity contribution in [1.29, 1.82) is 0 Å². The van der Waals surface area contributed by atoms with E-state index in [4.69, 9.17) is 17.3 Å². The summed E-state index contributed by atoms with van der Waals surface area (Å²) in [4.78, 5) is 2.10. The highest BCUT2D eigenvalue weighted by Gasteiger charge is 2.13. The van der Waals surface area contributed by atoms with Gasteiger partial charge in [-0.3, -0.25) is 4.68 Å². The van der Waals surface area contributed by atoms with E-state index in [0.717, 1.165) is 27.8 Å². The van der Waals surface area contributed by atoms with Crippen LogP contribution in [0.5, 0.6) is 0 Å².